The van der Waals surface area contributed by atoms with Crippen LogP contribution in [0.1, 0.15) is 13.3 Å². The summed E-state index contributed by atoms with van der Waals surface area (Å²) in [6, 6.07) is 0. The number of amides is 2. The SMILES string of the molecule is CCN(CCO)C(=O)C1CNC(=O)C1. The number of hydrogen-bond donors (Lipinski definition) is 2. The van der Waals surface area contributed by atoms with Crippen molar-refractivity contribution < 1.29 is 14.7 Å². The molecule has 1 saturated heterocycles. The number of nitrogens with one attached hydrogen (secondary N) is 1. The van der Waals surface area contributed by atoms with Gasteiger partial charge in [0.05, 0.1) is 12.5 Å². The standard InChI is InChI=1S/C9H16N2O3/c1-2-11(3-4-12)9(14)7-5-8(13)10-6-7/h7,12H,2-6H2,1H3,(H,10,13). The Morgan fingerprint density at radius 3 is 2.86 bits per heavy atom. The summed E-state index contributed by atoms with van der Waals surface area (Å²) < 4.78 is 0. The van der Waals surface area contributed by atoms with E-state index in [4.69, 9.17) is 5.11 Å². The average molecular weight is 200 g/mol. The fraction of sp³-hybridized carbons (Fsp3) is 0.778. The minimum Gasteiger partial charge on any atom is -0.395 e. The molecule has 80 valence electrons. The van der Waals surface area contributed by atoms with Crippen molar-refractivity contribution in [2.45, 2.75) is 13.3 Å². The molecule has 1 heterocycles. The lowest BCUT2D eigenvalue weighted by Crippen LogP contribution is -2.38. The first-order chi connectivity index (χ1) is 6.69. The molecule has 0 radical (unpaired) electrons. The third-order valence-corrected chi connectivity index (χ3v) is 2.39. The zero-order valence-corrected chi connectivity index (χ0v) is 8.32. The number of aliphatic hydroxyl groups is 1. The second kappa shape index (κ2) is 4.95. The molecule has 2 N–H and O–H groups in total. The minimum absolute atomic E-state index is 0.0341. The van der Waals surface area contributed by atoms with Crippen LogP contribution in [0.25, 0.3) is 0 Å². The van der Waals surface area contributed by atoms with Crippen molar-refractivity contribution >= 4 is 11.8 Å². The second-order valence-corrected chi connectivity index (χ2v) is 3.35. The second-order valence-electron chi connectivity index (χ2n) is 3.35. The molecule has 0 aromatic heterocycles. The van der Waals surface area contributed by atoms with Gasteiger partial charge in [-0.2, -0.15) is 0 Å². The molecule has 14 heavy (non-hydrogen) atoms. The van der Waals surface area contributed by atoms with E-state index in [-0.39, 0.29) is 30.8 Å². The number of rotatable bonds is 4. The first kappa shape index (κ1) is 11.0. The van der Waals surface area contributed by atoms with E-state index in [1.165, 1.54) is 0 Å². The smallest absolute Gasteiger partial charge is 0.228 e. The third-order valence-electron chi connectivity index (χ3n) is 2.39. The number of aliphatic hydroxyl groups excluding tert-OH is 1. The predicted molar refractivity (Wildman–Crippen MR) is 50.5 cm³/mol. The van der Waals surface area contributed by atoms with Crippen molar-refractivity contribution in [2.24, 2.45) is 5.92 Å². The highest BCUT2D eigenvalue weighted by Crippen LogP contribution is 2.12. The monoisotopic (exact) mass is 200 g/mol. The van der Waals surface area contributed by atoms with Gasteiger partial charge in [-0.3, -0.25) is 9.59 Å². The van der Waals surface area contributed by atoms with Gasteiger partial charge >= 0.3 is 0 Å². The van der Waals surface area contributed by atoms with Crippen LogP contribution in [-0.2, 0) is 9.59 Å². The largest absolute Gasteiger partial charge is 0.395 e. The summed E-state index contributed by atoms with van der Waals surface area (Å²) in [7, 11) is 0. The van der Waals surface area contributed by atoms with Crippen LogP contribution in [0.4, 0.5) is 0 Å². The molecule has 1 unspecified atom stereocenters. The molecule has 1 aliphatic rings. The predicted octanol–water partition coefficient (Wildman–Crippen LogP) is -1.04. The Balaban J connectivity index is 2.49. The Morgan fingerprint density at radius 1 is 1.71 bits per heavy atom. The van der Waals surface area contributed by atoms with Crippen molar-refractivity contribution in [3.63, 3.8) is 0 Å². The Hall–Kier alpha value is -1.10. The molecule has 1 fully saturated rings. The van der Waals surface area contributed by atoms with E-state index in [1.54, 1.807) is 4.90 Å². The van der Waals surface area contributed by atoms with Crippen molar-refractivity contribution in [1.29, 1.82) is 0 Å². The summed E-state index contributed by atoms with van der Waals surface area (Å²) in [4.78, 5) is 24.2. The molecule has 0 bridgehead atoms. The molecule has 5 heteroatoms. The highest BCUT2D eigenvalue weighted by Gasteiger charge is 2.30. The van der Waals surface area contributed by atoms with Gasteiger partial charge in [-0.25, -0.2) is 0 Å². The molecule has 0 aliphatic carbocycles. The van der Waals surface area contributed by atoms with Gasteiger partial charge in [0.2, 0.25) is 11.8 Å². The van der Waals surface area contributed by atoms with Gasteiger partial charge in [0.1, 0.15) is 0 Å². The van der Waals surface area contributed by atoms with E-state index < -0.39 is 0 Å². The van der Waals surface area contributed by atoms with E-state index in [0.29, 0.717) is 19.6 Å². The summed E-state index contributed by atoms with van der Waals surface area (Å²) >= 11 is 0. The molecule has 0 aromatic carbocycles. The van der Waals surface area contributed by atoms with Crippen LogP contribution in [0.5, 0.6) is 0 Å². The molecule has 0 spiro atoms. The van der Waals surface area contributed by atoms with Crippen molar-refractivity contribution in [2.75, 3.05) is 26.2 Å². The van der Waals surface area contributed by atoms with Crippen LogP contribution in [0.15, 0.2) is 0 Å². The maximum atomic E-state index is 11.7. The Kier molecular flexibility index (Phi) is 3.88. The van der Waals surface area contributed by atoms with E-state index in [2.05, 4.69) is 5.32 Å². The maximum absolute atomic E-state index is 11.7. The van der Waals surface area contributed by atoms with Crippen molar-refractivity contribution in [1.82, 2.24) is 10.2 Å². The van der Waals surface area contributed by atoms with Crippen LogP contribution >= 0.6 is 0 Å². The summed E-state index contributed by atoms with van der Waals surface area (Å²) in [5, 5.41) is 11.4. The lowest BCUT2D eigenvalue weighted by molar-refractivity contribution is -0.136. The minimum atomic E-state index is -0.242. The molecular weight excluding hydrogens is 184 g/mol. The summed E-state index contributed by atoms with van der Waals surface area (Å²) in [6.07, 6.45) is 0.279. The van der Waals surface area contributed by atoms with Crippen LogP contribution in [0.3, 0.4) is 0 Å². The molecule has 2 amide bonds. The zero-order valence-electron chi connectivity index (χ0n) is 8.32. The van der Waals surface area contributed by atoms with Crippen LogP contribution < -0.4 is 5.32 Å². The highest BCUT2D eigenvalue weighted by atomic mass is 16.3. The lowest BCUT2D eigenvalue weighted by Gasteiger charge is -2.22. The summed E-state index contributed by atoms with van der Waals surface area (Å²) in [6.45, 7) is 3.18. The summed E-state index contributed by atoms with van der Waals surface area (Å²) in [5.41, 5.74) is 0. The van der Waals surface area contributed by atoms with E-state index in [0.717, 1.165) is 0 Å². The van der Waals surface area contributed by atoms with Crippen molar-refractivity contribution in [3.8, 4) is 0 Å². The zero-order chi connectivity index (χ0) is 10.6. The molecule has 1 atom stereocenters. The fourth-order valence-corrected chi connectivity index (χ4v) is 1.58. The molecule has 1 rings (SSSR count). The van der Waals surface area contributed by atoms with Gasteiger partial charge in [-0.05, 0) is 6.92 Å². The maximum Gasteiger partial charge on any atom is 0.228 e. The Bertz CT molecular complexity index is 230. The quantitative estimate of drug-likeness (QED) is 0.609. The highest BCUT2D eigenvalue weighted by molar-refractivity contribution is 5.89. The first-order valence-corrected chi connectivity index (χ1v) is 4.85. The fourth-order valence-electron chi connectivity index (χ4n) is 1.58. The van der Waals surface area contributed by atoms with E-state index in [1.807, 2.05) is 6.92 Å². The van der Waals surface area contributed by atoms with Crippen molar-refractivity contribution in [3.05, 3.63) is 0 Å². The topological polar surface area (TPSA) is 69.6 Å². The molecule has 1 aliphatic heterocycles. The number of carbonyl (C=O) groups is 2. The van der Waals surface area contributed by atoms with Crippen LogP contribution in [0.2, 0.25) is 0 Å². The Morgan fingerprint density at radius 2 is 2.43 bits per heavy atom. The van der Waals surface area contributed by atoms with E-state index in [9.17, 15) is 9.59 Å². The van der Waals surface area contributed by atoms with Gasteiger partial charge in [-0.15, -0.1) is 0 Å². The van der Waals surface area contributed by atoms with Gasteiger partial charge in [-0.1, -0.05) is 0 Å². The third kappa shape index (κ3) is 2.45. The number of hydrogen-bond acceptors (Lipinski definition) is 3. The van der Waals surface area contributed by atoms with Gasteiger partial charge < -0.3 is 15.3 Å². The lowest BCUT2D eigenvalue weighted by atomic mass is 10.1. The van der Waals surface area contributed by atoms with Gasteiger partial charge in [0, 0.05) is 26.1 Å². The Labute approximate surface area is 83.1 Å². The normalized spacial score (nSPS) is 20.7. The van der Waals surface area contributed by atoms with Crippen LogP contribution in [-0.4, -0.2) is 48.1 Å². The first-order valence-electron chi connectivity index (χ1n) is 4.85. The number of likely N-dealkylation sites (N-methyl/N-ethyl adjacent to an activating group) is 1. The average Bonchev–Trinajstić information content (AvgIpc) is 2.60. The van der Waals surface area contributed by atoms with Gasteiger partial charge in [0.25, 0.3) is 0 Å². The van der Waals surface area contributed by atoms with Crippen LogP contribution in [0, 0.1) is 5.92 Å². The number of nitrogens with zero attached hydrogens (tertiary/aromatic N) is 1. The molecule has 5 nitrogen and oxygen atoms in total. The van der Waals surface area contributed by atoms with E-state index >= 15 is 0 Å². The number of carbonyl (C=O) groups excluding carboxylic acids is 2. The van der Waals surface area contributed by atoms with Gasteiger partial charge in [0.15, 0.2) is 0 Å². The molecule has 0 aromatic rings. The summed E-state index contributed by atoms with van der Waals surface area (Å²) in [5.74, 6) is -0.350. The molecule has 0 saturated carbocycles. The molecular formula is C9H16N2O3.